The number of hydrogen-bond acceptors (Lipinski definition) is 7. The maximum absolute atomic E-state index is 13.1. The molecule has 1 N–H and O–H groups in total. The molecule has 3 aromatic heterocycles. The van der Waals surface area contributed by atoms with Crippen LogP contribution in [0.3, 0.4) is 0 Å². The van der Waals surface area contributed by atoms with Crippen LogP contribution in [0.15, 0.2) is 36.8 Å². The minimum atomic E-state index is -0.0987. The second-order valence-corrected chi connectivity index (χ2v) is 9.63. The third-order valence-electron chi connectivity index (χ3n) is 7.25. The van der Waals surface area contributed by atoms with Gasteiger partial charge in [0.2, 0.25) is 5.91 Å². The average Bonchev–Trinajstić information content (AvgIpc) is 3.60. The van der Waals surface area contributed by atoms with Gasteiger partial charge in [-0.05, 0) is 38.0 Å². The van der Waals surface area contributed by atoms with Gasteiger partial charge in [-0.2, -0.15) is 10.4 Å². The number of rotatable bonds is 5. The Bertz CT molecular complexity index is 1500. The molecule has 0 bridgehead atoms. The number of carbonyl (C=O) groups excluding carboxylic acids is 1. The van der Waals surface area contributed by atoms with Gasteiger partial charge in [-0.1, -0.05) is 0 Å². The van der Waals surface area contributed by atoms with E-state index in [2.05, 4.69) is 27.6 Å². The van der Waals surface area contributed by atoms with Gasteiger partial charge in [0.1, 0.15) is 11.3 Å². The zero-order chi connectivity index (χ0) is 24.8. The number of aromatic nitrogens is 5. The highest BCUT2D eigenvalue weighted by Gasteiger charge is 2.37. The van der Waals surface area contributed by atoms with Crippen LogP contribution in [0.4, 0.5) is 5.69 Å². The molecule has 2 aliphatic heterocycles. The van der Waals surface area contributed by atoms with E-state index in [0.717, 1.165) is 46.3 Å². The molecular formula is C26H27N7O3. The van der Waals surface area contributed by atoms with Crippen LogP contribution in [0.25, 0.3) is 21.9 Å². The summed E-state index contributed by atoms with van der Waals surface area (Å²) in [4.78, 5) is 24.5. The molecule has 2 aliphatic rings. The molecule has 10 nitrogen and oxygen atoms in total. The molecule has 3 atom stereocenters. The van der Waals surface area contributed by atoms with Crippen LogP contribution in [0, 0.1) is 11.3 Å². The number of anilines is 1. The number of pyridine rings is 1. The molecule has 1 unspecified atom stereocenters. The maximum atomic E-state index is 13.1. The fourth-order valence-corrected chi connectivity index (χ4v) is 5.58. The number of aliphatic hydroxyl groups excluding tert-OH is 1. The van der Waals surface area contributed by atoms with E-state index in [4.69, 9.17) is 9.72 Å². The highest BCUT2D eigenvalue weighted by Crippen LogP contribution is 2.39. The van der Waals surface area contributed by atoms with Crippen LogP contribution in [0.5, 0.6) is 0 Å². The van der Waals surface area contributed by atoms with E-state index in [1.54, 1.807) is 34.2 Å². The highest BCUT2D eigenvalue weighted by molar-refractivity contribution is 6.03. The minimum absolute atomic E-state index is 0.0131. The van der Waals surface area contributed by atoms with Crippen molar-refractivity contribution in [1.82, 2.24) is 24.3 Å². The Morgan fingerprint density at radius 3 is 2.97 bits per heavy atom. The predicted octanol–water partition coefficient (Wildman–Crippen LogP) is 2.91. The Balaban J connectivity index is 1.47. The summed E-state index contributed by atoms with van der Waals surface area (Å²) < 4.78 is 9.78. The van der Waals surface area contributed by atoms with Gasteiger partial charge in [0.25, 0.3) is 0 Å². The molecule has 36 heavy (non-hydrogen) atoms. The van der Waals surface area contributed by atoms with E-state index in [0.29, 0.717) is 31.7 Å². The molecule has 1 amide bonds. The van der Waals surface area contributed by atoms with Crippen molar-refractivity contribution in [3.63, 3.8) is 0 Å². The molecular weight excluding hydrogens is 458 g/mol. The van der Waals surface area contributed by atoms with Crippen molar-refractivity contribution in [3.8, 4) is 6.07 Å². The normalized spacial score (nSPS) is 22.5. The number of carbonyl (C=O) groups is 1. The third kappa shape index (κ3) is 3.81. The molecule has 1 aromatic carbocycles. The first-order chi connectivity index (χ1) is 17.6. The minimum Gasteiger partial charge on any atom is -0.394 e. The van der Waals surface area contributed by atoms with E-state index in [1.807, 2.05) is 12.1 Å². The number of hydrogen-bond donors (Lipinski definition) is 1. The lowest BCUT2D eigenvalue weighted by molar-refractivity contribution is -0.117. The molecule has 0 saturated carbocycles. The van der Waals surface area contributed by atoms with Crippen LogP contribution >= 0.6 is 0 Å². The highest BCUT2D eigenvalue weighted by atomic mass is 16.5. The lowest BCUT2D eigenvalue weighted by Crippen LogP contribution is -2.28. The second kappa shape index (κ2) is 9.00. The Morgan fingerprint density at radius 1 is 1.28 bits per heavy atom. The van der Waals surface area contributed by atoms with Crippen LogP contribution in [0.1, 0.15) is 49.5 Å². The van der Waals surface area contributed by atoms with Crippen molar-refractivity contribution < 1.29 is 14.6 Å². The number of nitrogens with zero attached hydrogens (tertiary/aromatic N) is 7. The fourth-order valence-electron chi connectivity index (χ4n) is 5.58. The zero-order valence-electron chi connectivity index (χ0n) is 20.0. The average molecular weight is 486 g/mol. The van der Waals surface area contributed by atoms with Crippen LogP contribution in [-0.4, -0.2) is 61.2 Å². The van der Waals surface area contributed by atoms with Crippen LogP contribution in [0.2, 0.25) is 0 Å². The van der Waals surface area contributed by atoms with Gasteiger partial charge in [-0.25, -0.2) is 4.98 Å². The summed E-state index contributed by atoms with van der Waals surface area (Å²) in [5, 5.41) is 23.9. The molecule has 2 saturated heterocycles. The first-order valence-corrected chi connectivity index (χ1v) is 12.3. The Kier molecular flexibility index (Phi) is 5.66. The summed E-state index contributed by atoms with van der Waals surface area (Å²) in [5.74, 6) is 0.801. The van der Waals surface area contributed by atoms with Gasteiger partial charge in [0.15, 0.2) is 0 Å². The third-order valence-corrected chi connectivity index (χ3v) is 7.25. The summed E-state index contributed by atoms with van der Waals surface area (Å²) >= 11 is 0. The van der Waals surface area contributed by atoms with Gasteiger partial charge < -0.3 is 19.3 Å². The number of benzene rings is 1. The van der Waals surface area contributed by atoms with Gasteiger partial charge in [-0.15, -0.1) is 0 Å². The van der Waals surface area contributed by atoms with Crippen molar-refractivity contribution in [2.45, 2.75) is 50.8 Å². The zero-order valence-corrected chi connectivity index (χ0v) is 20.0. The van der Waals surface area contributed by atoms with Crippen LogP contribution < -0.4 is 4.90 Å². The van der Waals surface area contributed by atoms with Gasteiger partial charge in [0.05, 0.1) is 60.0 Å². The molecule has 6 rings (SSSR count). The van der Waals surface area contributed by atoms with E-state index >= 15 is 0 Å². The van der Waals surface area contributed by atoms with E-state index < -0.39 is 0 Å². The van der Waals surface area contributed by atoms with Crippen molar-refractivity contribution >= 4 is 33.5 Å². The number of ether oxygens (including phenoxy) is 1. The smallest absolute Gasteiger partial charge is 0.227 e. The Labute approximate surface area is 207 Å². The lowest BCUT2D eigenvalue weighted by Gasteiger charge is -2.31. The summed E-state index contributed by atoms with van der Waals surface area (Å²) in [6, 6.07) is 7.95. The van der Waals surface area contributed by atoms with Gasteiger partial charge >= 0.3 is 0 Å². The number of nitriles is 1. The first kappa shape index (κ1) is 22.6. The Morgan fingerprint density at radius 2 is 2.17 bits per heavy atom. The molecule has 0 spiro atoms. The Hall–Kier alpha value is -3.81. The van der Waals surface area contributed by atoms with Crippen molar-refractivity contribution in [2.24, 2.45) is 0 Å². The molecule has 2 fully saturated rings. The lowest BCUT2D eigenvalue weighted by atomic mass is 10.0. The largest absolute Gasteiger partial charge is 0.394 e. The summed E-state index contributed by atoms with van der Waals surface area (Å²) in [6.45, 7) is 3.62. The van der Waals surface area contributed by atoms with E-state index in [1.165, 1.54) is 0 Å². The monoisotopic (exact) mass is 485 g/mol. The van der Waals surface area contributed by atoms with Gasteiger partial charge in [-0.3, -0.25) is 14.5 Å². The molecule has 5 heterocycles. The number of imidazole rings is 1. The molecule has 0 radical (unpaired) electrons. The number of amides is 1. The predicted molar refractivity (Wildman–Crippen MR) is 132 cm³/mol. The maximum Gasteiger partial charge on any atom is 0.227 e. The summed E-state index contributed by atoms with van der Waals surface area (Å²) in [5.41, 5.74) is 3.86. The molecule has 10 heteroatoms. The van der Waals surface area contributed by atoms with Crippen molar-refractivity contribution in [3.05, 3.63) is 48.2 Å². The fraction of sp³-hybridized carbons (Fsp3) is 0.423. The topological polar surface area (TPSA) is 122 Å². The van der Waals surface area contributed by atoms with E-state index in [-0.39, 0.29) is 30.6 Å². The summed E-state index contributed by atoms with van der Waals surface area (Å²) in [7, 11) is 0. The van der Waals surface area contributed by atoms with Crippen molar-refractivity contribution in [2.75, 3.05) is 24.7 Å². The van der Waals surface area contributed by atoms with E-state index in [9.17, 15) is 15.2 Å². The van der Waals surface area contributed by atoms with Crippen LogP contribution in [-0.2, 0) is 16.1 Å². The molecule has 4 aromatic rings. The standard InChI is InChI=1S/C26H27N7O3/c1-16-8-19(4-7-36-16)33-25-21-9-17(11-27)2-3-22(21)28-13-23(25)30-26(33)18-10-24(35)32(14-18)20-12-29-31(15-20)5-6-34/h2-3,9,12-13,15-16,18-19,34H,4-8,10,14H2,1H3/t16-,18?,19-/m1/s1. The quantitative estimate of drug-likeness (QED) is 0.461. The van der Waals surface area contributed by atoms with Crippen molar-refractivity contribution in [1.29, 1.82) is 5.26 Å². The number of aliphatic hydroxyl groups is 1. The number of fused-ring (bicyclic) bond motifs is 3. The second-order valence-electron chi connectivity index (χ2n) is 9.63. The molecule has 0 aliphatic carbocycles. The SMILES string of the molecule is C[C@@H]1C[C@H](n2c(C3CC(=O)N(c4cnn(CCO)c4)C3)nc3cnc4ccc(C#N)cc4c32)CCO1. The van der Waals surface area contributed by atoms with Gasteiger partial charge in [0, 0.05) is 43.1 Å². The molecule has 184 valence electrons. The summed E-state index contributed by atoms with van der Waals surface area (Å²) in [6.07, 6.45) is 7.42. The first-order valence-electron chi connectivity index (χ1n) is 12.3.